The number of hydrogen-bond acceptors (Lipinski definition) is 2. The van der Waals surface area contributed by atoms with Crippen molar-refractivity contribution in [3.05, 3.63) is 12.2 Å². The molecule has 3 heteroatoms. The number of carbonyl (C=O) groups is 1. The van der Waals surface area contributed by atoms with E-state index in [9.17, 15) is 4.79 Å². The highest BCUT2D eigenvalue weighted by Gasteiger charge is 2.04. The van der Waals surface area contributed by atoms with Crippen LogP contribution in [-0.4, -0.2) is 35.6 Å². The van der Waals surface area contributed by atoms with Crippen molar-refractivity contribution in [1.29, 1.82) is 0 Å². The molecule has 0 radical (unpaired) electrons. The van der Waals surface area contributed by atoms with Crippen LogP contribution in [0.4, 0.5) is 0 Å². The number of nitrogens with zero attached hydrogens (tertiary/aromatic N) is 1. The first-order chi connectivity index (χ1) is 7.35. The van der Waals surface area contributed by atoms with Gasteiger partial charge in [0, 0.05) is 12.0 Å². The smallest absolute Gasteiger partial charge is 0.317 e. The van der Waals surface area contributed by atoms with Crippen LogP contribution in [0.3, 0.4) is 0 Å². The molecule has 0 rings (SSSR count). The van der Waals surface area contributed by atoms with Crippen molar-refractivity contribution in [2.45, 2.75) is 27.7 Å². The van der Waals surface area contributed by atoms with Crippen molar-refractivity contribution < 1.29 is 9.90 Å². The van der Waals surface area contributed by atoms with Crippen LogP contribution in [0.1, 0.15) is 27.7 Å². The van der Waals surface area contributed by atoms with Gasteiger partial charge in [-0.15, -0.1) is 0 Å². The minimum atomic E-state index is -0.795. The van der Waals surface area contributed by atoms with Crippen molar-refractivity contribution in [3.63, 3.8) is 0 Å². The minimum Gasteiger partial charge on any atom is -0.480 e. The van der Waals surface area contributed by atoms with Crippen LogP contribution in [-0.2, 0) is 4.79 Å². The lowest BCUT2D eigenvalue weighted by Crippen LogP contribution is -2.29. The molecule has 0 unspecified atom stereocenters. The molecule has 0 aliphatic heterocycles. The van der Waals surface area contributed by atoms with Crippen LogP contribution < -0.4 is 0 Å². The molecule has 0 aliphatic carbocycles. The van der Waals surface area contributed by atoms with Gasteiger partial charge in [0.2, 0.25) is 0 Å². The quantitative estimate of drug-likeness (QED) is 0.725. The van der Waals surface area contributed by atoms with Gasteiger partial charge >= 0.3 is 5.97 Å². The third-order valence-electron chi connectivity index (χ3n) is 1.82. The van der Waals surface area contributed by atoms with E-state index in [-0.39, 0.29) is 12.0 Å². The minimum absolute atomic E-state index is 0.00977. The van der Waals surface area contributed by atoms with E-state index in [0.29, 0.717) is 6.54 Å². The molecule has 0 amide bonds. The topological polar surface area (TPSA) is 40.5 Å². The number of carboxylic acid groups (broad SMARTS) is 1. The van der Waals surface area contributed by atoms with E-state index in [4.69, 9.17) is 5.11 Å². The average Bonchev–Trinajstić information content (AvgIpc) is 2.13. The summed E-state index contributed by atoms with van der Waals surface area (Å²) in [7, 11) is 0. The van der Waals surface area contributed by atoms with Gasteiger partial charge in [-0.2, -0.15) is 0 Å². The molecule has 1 N–H and O–H groups in total. The van der Waals surface area contributed by atoms with E-state index in [1.165, 1.54) is 0 Å². The van der Waals surface area contributed by atoms with Gasteiger partial charge in [0.15, 0.2) is 0 Å². The van der Waals surface area contributed by atoms with Crippen molar-refractivity contribution in [1.82, 2.24) is 4.90 Å². The number of carboxylic acids is 1. The Morgan fingerprint density at radius 1 is 1.44 bits per heavy atom. The fourth-order valence-electron chi connectivity index (χ4n) is 1.02. The molecule has 0 atom stereocenters. The summed E-state index contributed by atoms with van der Waals surface area (Å²) in [4.78, 5) is 12.3. The molecule has 0 aromatic carbocycles. The van der Waals surface area contributed by atoms with Crippen LogP contribution in [0.25, 0.3) is 0 Å². The number of aliphatic carboxylic acids is 1. The van der Waals surface area contributed by atoms with Gasteiger partial charge in [0.05, 0.1) is 6.54 Å². The molecule has 0 aromatic rings. The second-order valence-electron chi connectivity index (χ2n) is 4.64. The highest BCUT2D eigenvalue weighted by molar-refractivity contribution is 5.69. The average molecular weight is 223 g/mol. The van der Waals surface area contributed by atoms with Gasteiger partial charge in [0.1, 0.15) is 0 Å². The molecule has 16 heavy (non-hydrogen) atoms. The van der Waals surface area contributed by atoms with Crippen LogP contribution in [0.15, 0.2) is 12.2 Å². The molecule has 0 saturated heterocycles. The third kappa shape index (κ3) is 9.29. The van der Waals surface area contributed by atoms with Crippen LogP contribution >= 0.6 is 0 Å². The Morgan fingerprint density at radius 2 is 2.06 bits per heavy atom. The second-order valence-corrected chi connectivity index (χ2v) is 4.64. The number of rotatable bonds is 5. The van der Waals surface area contributed by atoms with Crippen molar-refractivity contribution in [2.24, 2.45) is 5.41 Å². The number of allylic oxidation sites excluding steroid dienone is 1. The molecule has 3 nitrogen and oxygen atoms in total. The Kier molecular flexibility index (Phi) is 6.52. The lowest BCUT2D eigenvalue weighted by Gasteiger charge is -2.14. The fraction of sp³-hybridized carbons (Fsp3) is 0.615. The standard InChI is InChI=1S/C13H21NO2/c1-5-14(11-12(15)16)10-8-6-7-9-13(2,3)4/h6,8H,5,10-11H2,1-4H3,(H,15,16). The Bertz CT molecular complexity index is 302. The van der Waals surface area contributed by atoms with Gasteiger partial charge < -0.3 is 5.11 Å². The van der Waals surface area contributed by atoms with Gasteiger partial charge in [-0.3, -0.25) is 9.69 Å². The molecule has 0 saturated carbocycles. The Morgan fingerprint density at radius 3 is 2.50 bits per heavy atom. The largest absolute Gasteiger partial charge is 0.480 e. The Labute approximate surface area is 98.1 Å². The van der Waals surface area contributed by atoms with E-state index in [0.717, 1.165) is 6.54 Å². The predicted octanol–water partition coefficient (Wildman–Crippen LogP) is 2.00. The highest BCUT2D eigenvalue weighted by Crippen LogP contribution is 2.09. The normalized spacial score (nSPS) is 11.6. The summed E-state index contributed by atoms with van der Waals surface area (Å²) < 4.78 is 0. The third-order valence-corrected chi connectivity index (χ3v) is 1.82. The van der Waals surface area contributed by atoms with Gasteiger partial charge in [-0.1, -0.05) is 24.8 Å². The molecule has 90 valence electrons. The van der Waals surface area contributed by atoms with E-state index < -0.39 is 5.97 Å². The van der Waals surface area contributed by atoms with Gasteiger partial charge in [0.25, 0.3) is 0 Å². The monoisotopic (exact) mass is 223 g/mol. The zero-order chi connectivity index (χ0) is 12.6. The van der Waals surface area contributed by atoms with E-state index >= 15 is 0 Å². The van der Waals surface area contributed by atoms with Crippen molar-refractivity contribution in [3.8, 4) is 11.8 Å². The van der Waals surface area contributed by atoms with E-state index in [1.54, 1.807) is 6.08 Å². The lowest BCUT2D eigenvalue weighted by molar-refractivity contribution is -0.138. The second kappa shape index (κ2) is 7.08. The molecular formula is C13H21NO2. The Balaban J connectivity index is 4.05. The molecule has 0 bridgehead atoms. The molecule has 0 aromatic heterocycles. The first kappa shape index (κ1) is 14.7. The molecular weight excluding hydrogens is 202 g/mol. The molecule has 0 heterocycles. The zero-order valence-electron chi connectivity index (χ0n) is 10.6. The summed E-state index contributed by atoms with van der Waals surface area (Å²) in [6.45, 7) is 9.53. The van der Waals surface area contributed by atoms with Crippen LogP contribution in [0.2, 0.25) is 0 Å². The maximum absolute atomic E-state index is 10.5. The molecule has 0 fully saturated rings. The SMILES string of the molecule is CCN(CC=CC#CC(C)(C)C)CC(=O)O. The number of likely N-dealkylation sites (N-methyl/N-ethyl adjacent to an activating group) is 1. The zero-order valence-corrected chi connectivity index (χ0v) is 10.6. The first-order valence-corrected chi connectivity index (χ1v) is 5.47. The fourth-order valence-corrected chi connectivity index (χ4v) is 1.02. The molecule has 0 spiro atoms. The van der Waals surface area contributed by atoms with E-state index in [2.05, 4.69) is 32.6 Å². The van der Waals surface area contributed by atoms with Gasteiger partial charge in [-0.25, -0.2) is 0 Å². The van der Waals surface area contributed by atoms with Gasteiger partial charge in [-0.05, 0) is 33.4 Å². The maximum Gasteiger partial charge on any atom is 0.317 e. The maximum atomic E-state index is 10.5. The summed E-state index contributed by atoms with van der Waals surface area (Å²) in [5, 5.41) is 8.63. The van der Waals surface area contributed by atoms with Crippen LogP contribution in [0.5, 0.6) is 0 Å². The van der Waals surface area contributed by atoms with Crippen molar-refractivity contribution in [2.75, 3.05) is 19.6 Å². The summed E-state index contributed by atoms with van der Waals surface area (Å²) in [5.74, 6) is 5.24. The van der Waals surface area contributed by atoms with Crippen LogP contribution in [0, 0.1) is 17.3 Å². The lowest BCUT2D eigenvalue weighted by atomic mass is 9.98. The Hall–Kier alpha value is -1.27. The van der Waals surface area contributed by atoms with E-state index in [1.807, 2.05) is 17.9 Å². The van der Waals surface area contributed by atoms with Crippen molar-refractivity contribution >= 4 is 5.97 Å². The summed E-state index contributed by atoms with van der Waals surface area (Å²) in [6, 6.07) is 0. The summed E-state index contributed by atoms with van der Waals surface area (Å²) in [6.07, 6.45) is 3.68. The number of hydrogen-bond donors (Lipinski definition) is 1. The summed E-state index contributed by atoms with van der Waals surface area (Å²) >= 11 is 0. The predicted molar refractivity (Wildman–Crippen MR) is 66.1 cm³/mol. The first-order valence-electron chi connectivity index (χ1n) is 5.47. The molecule has 0 aliphatic rings. The summed E-state index contributed by atoms with van der Waals surface area (Å²) in [5.41, 5.74) is 0.00977. The highest BCUT2D eigenvalue weighted by atomic mass is 16.4.